The third-order valence-corrected chi connectivity index (χ3v) is 6.38. The van der Waals surface area contributed by atoms with E-state index in [1.54, 1.807) is 12.1 Å². The highest BCUT2D eigenvalue weighted by atomic mass is 19.1. The van der Waals surface area contributed by atoms with E-state index in [1.807, 2.05) is 62.4 Å². The number of carbonyl (C=O) groups is 2. The molecule has 1 heterocycles. The summed E-state index contributed by atoms with van der Waals surface area (Å²) in [6, 6.07) is 21.3. The molecule has 1 fully saturated rings. The number of hydrogen-bond acceptors (Lipinski definition) is 5. The van der Waals surface area contributed by atoms with Gasteiger partial charge in [-0.15, -0.1) is 0 Å². The molecule has 7 heteroatoms. The minimum absolute atomic E-state index is 0.146. The Labute approximate surface area is 225 Å². The highest BCUT2D eigenvalue weighted by Crippen LogP contribution is 2.23. The van der Waals surface area contributed by atoms with Crippen LogP contribution in [0.1, 0.15) is 62.0 Å². The van der Waals surface area contributed by atoms with Crippen LogP contribution in [0.4, 0.5) is 10.1 Å². The van der Waals surface area contributed by atoms with Crippen LogP contribution in [0.15, 0.2) is 78.9 Å². The van der Waals surface area contributed by atoms with Crippen LogP contribution in [0, 0.1) is 11.7 Å². The number of aliphatic carboxylic acids is 1. The Bertz CT molecular complexity index is 1120. The topological polar surface area (TPSA) is 89.9 Å². The van der Waals surface area contributed by atoms with Gasteiger partial charge >= 0.3 is 5.97 Å². The molecule has 1 aliphatic heterocycles. The zero-order valence-corrected chi connectivity index (χ0v) is 22.4. The molecular formula is C31H39FN2O4. The van der Waals surface area contributed by atoms with Crippen molar-refractivity contribution in [1.29, 1.82) is 0 Å². The first-order valence-electron chi connectivity index (χ1n) is 13.2. The van der Waals surface area contributed by atoms with Gasteiger partial charge in [0.1, 0.15) is 11.6 Å². The average Bonchev–Trinajstić information content (AvgIpc) is 2.94. The smallest absolute Gasteiger partial charge is 0.330 e. The number of piperidine rings is 1. The van der Waals surface area contributed by atoms with Crippen molar-refractivity contribution in [2.75, 3.05) is 25.0 Å². The number of carboxylic acid groups (broad SMARTS) is 1. The number of anilines is 1. The van der Waals surface area contributed by atoms with Crippen LogP contribution in [0.5, 0.6) is 5.75 Å². The number of halogens is 1. The number of nitrogens with one attached hydrogen (secondary N) is 1. The molecule has 0 radical (unpaired) electrons. The summed E-state index contributed by atoms with van der Waals surface area (Å²) in [6.45, 7) is 8.34. The van der Waals surface area contributed by atoms with E-state index in [2.05, 4.69) is 17.1 Å². The highest BCUT2D eigenvalue weighted by Gasteiger charge is 2.21. The van der Waals surface area contributed by atoms with Gasteiger partial charge in [-0.3, -0.25) is 9.69 Å². The molecule has 1 saturated heterocycles. The summed E-state index contributed by atoms with van der Waals surface area (Å²) in [5.41, 5.74) is 1.74. The molecule has 0 saturated carbocycles. The molecule has 3 N–H and O–H groups in total. The number of nitrogens with zero attached hydrogens (tertiary/aromatic N) is 1. The Hall–Kier alpha value is -3.71. The molecule has 38 heavy (non-hydrogen) atoms. The summed E-state index contributed by atoms with van der Waals surface area (Å²) in [7, 11) is 0. The van der Waals surface area contributed by atoms with Crippen molar-refractivity contribution in [3.05, 3.63) is 95.8 Å². The Morgan fingerprint density at radius 2 is 1.55 bits per heavy atom. The molecular weight excluding hydrogens is 483 g/mol. The maximum Gasteiger partial charge on any atom is 0.330 e. The van der Waals surface area contributed by atoms with Crippen molar-refractivity contribution >= 4 is 17.4 Å². The van der Waals surface area contributed by atoms with Crippen LogP contribution in [-0.2, 0) is 4.79 Å². The van der Waals surface area contributed by atoms with Crippen molar-refractivity contribution in [1.82, 2.24) is 4.90 Å². The summed E-state index contributed by atoms with van der Waals surface area (Å²) in [5.74, 6) is -1.07. The quantitative estimate of drug-likeness (QED) is 0.282. The number of phenols is 1. The standard InChI is InChI=1S/C15H20FNO2.C14H13NO2.C2H6/c1-2-11-5-7-17(8-6-11)10-15(19)13-4-3-12(16)9-14(13)18;16-14(17)13(11-7-3-1-4-8-11)15-12-9-5-2-6-10-12;1-2/h3-4,9,11,18H,2,5-8,10H2,1H3;1-10,13,15H,(H,16,17);1-2H3/t;13-;/m.1./s1. The fourth-order valence-electron chi connectivity index (χ4n) is 4.22. The zero-order valence-electron chi connectivity index (χ0n) is 22.4. The van der Waals surface area contributed by atoms with Crippen LogP contribution >= 0.6 is 0 Å². The molecule has 0 aliphatic carbocycles. The molecule has 204 valence electrons. The number of carboxylic acids is 1. The van der Waals surface area contributed by atoms with Crippen molar-refractivity contribution in [2.45, 2.75) is 46.1 Å². The minimum Gasteiger partial charge on any atom is -0.507 e. The molecule has 4 rings (SSSR count). The number of rotatable bonds is 8. The summed E-state index contributed by atoms with van der Waals surface area (Å²) in [6.07, 6.45) is 3.44. The van der Waals surface area contributed by atoms with Gasteiger partial charge in [-0.1, -0.05) is 75.7 Å². The second-order valence-corrected chi connectivity index (χ2v) is 8.90. The van der Waals surface area contributed by atoms with E-state index in [0.29, 0.717) is 6.54 Å². The second-order valence-electron chi connectivity index (χ2n) is 8.90. The molecule has 0 unspecified atom stereocenters. The van der Waals surface area contributed by atoms with E-state index < -0.39 is 17.8 Å². The largest absolute Gasteiger partial charge is 0.507 e. The van der Waals surface area contributed by atoms with E-state index in [4.69, 9.17) is 0 Å². The Balaban J connectivity index is 0.000000252. The lowest BCUT2D eigenvalue weighted by atomic mass is 9.94. The molecule has 0 amide bonds. The molecule has 0 bridgehead atoms. The fraction of sp³-hybridized carbons (Fsp3) is 0.355. The van der Waals surface area contributed by atoms with Crippen LogP contribution < -0.4 is 5.32 Å². The number of likely N-dealkylation sites (tertiary alicyclic amines) is 1. The predicted molar refractivity (Wildman–Crippen MR) is 150 cm³/mol. The van der Waals surface area contributed by atoms with Crippen molar-refractivity contribution in [2.24, 2.45) is 5.92 Å². The van der Waals surface area contributed by atoms with Crippen LogP contribution in [0.25, 0.3) is 0 Å². The van der Waals surface area contributed by atoms with Gasteiger partial charge in [0.05, 0.1) is 12.1 Å². The average molecular weight is 523 g/mol. The first-order chi connectivity index (χ1) is 18.4. The number of phenolic OH excluding ortho intramolecular Hbond substituents is 1. The lowest BCUT2D eigenvalue weighted by molar-refractivity contribution is -0.138. The number of benzene rings is 3. The number of Topliss-reactive ketones (excluding diaryl/α,β-unsaturated/α-hetero) is 1. The monoisotopic (exact) mass is 522 g/mol. The molecule has 1 aliphatic rings. The number of aromatic hydroxyl groups is 1. The van der Waals surface area contributed by atoms with Gasteiger partial charge in [0.25, 0.3) is 0 Å². The predicted octanol–water partition coefficient (Wildman–Crippen LogP) is 6.79. The minimum atomic E-state index is -0.889. The molecule has 3 aromatic carbocycles. The van der Waals surface area contributed by atoms with Crippen molar-refractivity contribution in [3.8, 4) is 5.75 Å². The van der Waals surface area contributed by atoms with Gasteiger partial charge in [0.15, 0.2) is 11.8 Å². The number of para-hydroxylation sites is 1. The lowest BCUT2D eigenvalue weighted by Gasteiger charge is -2.30. The SMILES string of the molecule is CC.CCC1CCN(CC(=O)c2ccc(F)cc2O)CC1.O=C(O)[C@H](Nc1ccccc1)c1ccccc1. The van der Waals surface area contributed by atoms with E-state index in [0.717, 1.165) is 49.2 Å². The maximum absolute atomic E-state index is 12.9. The highest BCUT2D eigenvalue weighted by molar-refractivity contribution is 6.00. The van der Waals surface area contributed by atoms with Gasteiger partial charge in [0, 0.05) is 11.8 Å². The molecule has 6 nitrogen and oxygen atoms in total. The van der Waals surface area contributed by atoms with Crippen LogP contribution in [-0.4, -0.2) is 46.5 Å². The molecule has 0 aromatic heterocycles. The third kappa shape index (κ3) is 9.63. The van der Waals surface area contributed by atoms with Crippen molar-refractivity contribution in [3.63, 3.8) is 0 Å². The summed E-state index contributed by atoms with van der Waals surface area (Å²) in [4.78, 5) is 25.4. The van der Waals surface area contributed by atoms with Gasteiger partial charge < -0.3 is 15.5 Å². The van der Waals surface area contributed by atoms with Crippen LogP contribution in [0.3, 0.4) is 0 Å². The summed E-state index contributed by atoms with van der Waals surface area (Å²) in [5, 5.41) is 21.8. The van der Waals surface area contributed by atoms with E-state index >= 15 is 0 Å². The second kappa shape index (κ2) is 16.2. The molecule has 3 aromatic rings. The van der Waals surface area contributed by atoms with E-state index in [9.17, 15) is 24.2 Å². The van der Waals surface area contributed by atoms with Gasteiger partial charge in [0.2, 0.25) is 0 Å². The molecule has 1 atom stereocenters. The Morgan fingerprint density at radius 3 is 2.08 bits per heavy atom. The summed E-state index contributed by atoms with van der Waals surface area (Å²) >= 11 is 0. The van der Waals surface area contributed by atoms with E-state index in [1.165, 1.54) is 18.6 Å². The summed E-state index contributed by atoms with van der Waals surface area (Å²) < 4.78 is 12.9. The van der Waals surface area contributed by atoms with Gasteiger partial charge in [-0.25, -0.2) is 9.18 Å². The number of ketones is 1. The maximum atomic E-state index is 12.9. The fourth-order valence-corrected chi connectivity index (χ4v) is 4.22. The third-order valence-electron chi connectivity index (χ3n) is 6.38. The van der Waals surface area contributed by atoms with Gasteiger partial charge in [-0.05, 0) is 61.7 Å². The first-order valence-corrected chi connectivity index (χ1v) is 13.2. The lowest BCUT2D eigenvalue weighted by Crippen LogP contribution is -2.37. The first kappa shape index (κ1) is 30.5. The van der Waals surface area contributed by atoms with Crippen LogP contribution in [0.2, 0.25) is 0 Å². The van der Waals surface area contributed by atoms with Crippen molar-refractivity contribution < 1.29 is 24.2 Å². The Kier molecular flexibility index (Phi) is 13.0. The number of hydrogen-bond donors (Lipinski definition) is 3. The molecule has 0 spiro atoms. The Morgan fingerprint density at radius 1 is 0.974 bits per heavy atom. The number of carbonyl (C=O) groups excluding carboxylic acids is 1. The van der Waals surface area contributed by atoms with Gasteiger partial charge in [-0.2, -0.15) is 0 Å². The normalized spacial score (nSPS) is 14.2. The zero-order chi connectivity index (χ0) is 27.9. The van der Waals surface area contributed by atoms with E-state index in [-0.39, 0.29) is 17.1 Å².